The molecule has 22 heavy (non-hydrogen) atoms. The van der Waals surface area contributed by atoms with E-state index >= 15 is 0 Å². The van der Waals surface area contributed by atoms with E-state index in [9.17, 15) is 4.39 Å². The van der Waals surface area contributed by atoms with Gasteiger partial charge < -0.3 is 10.1 Å². The van der Waals surface area contributed by atoms with Gasteiger partial charge in [-0.05, 0) is 30.2 Å². The number of anilines is 1. The van der Waals surface area contributed by atoms with E-state index in [2.05, 4.69) is 29.1 Å². The summed E-state index contributed by atoms with van der Waals surface area (Å²) < 4.78 is 18.6. The predicted molar refractivity (Wildman–Crippen MR) is 84.5 cm³/mol. The van der Waals surface area contributed by atoms with E-state index in [0.717, 1.165) is 35.5 Å². The maximum atomic E-state index is 13.2. The van der Waals surface area contributed by atoms with Crippen LogP contribution in [0.4, 0.5) is 10.3 Å². The van der Waals surface area contributed by atoms with Gasteiger partial charge >= 0.3 is 0 Å². The van der Waals surface area contributed by atoms with Gasteiger partial charge in [0.1, 0.15) is 5.82 Å². The summed E-state index contributed by atoms with van der Waals surface area (Å²) in [6.07, 6.45) is 1.05. The number of benzene rings is 1. The molecule has 3 rings (SSSR count). The van der Waals surface area contributed by atoms with Crippen LogP contribution in [0.5, 0.6) is 0 Å². The number of hydrogen-bond donors (Lipinski definition) is 1. The summed E-state index contributed by atoms with van der Waals surface area (Å²) in [6.45, 7) is 5.02. The first-order valence-electron chi connectivity index (χ1n) is 7.54. The molecule has 1 unspecified atom stereocenters. The SMILES string of the molecule is CNc1nc(-c2ccc(F)cc2)c(CC2CO2)c(C(C)C)n1. The zero-order chi connectivity index (χ0) is 15.7. The summed E-state index contributed by atoms with van der Waals surface area (Å²) >= 11 is 0. The lowest BCUT2D eigenvalue weighted by molar-refractivity contribution is 0.406. The summed E-state index contributed by atoms with van der Waals surface area (Å²) in [5.41, 5.74) is 3.88. The van der Waals surface area contributed by atoms with E-state index in [4.69, 9.17) is 4.74 Å². The van der Waals surface area contributed by atoms with Gasteiger partial charge in [0.05, 0.1) is 24.1 Å². The zero-order valence-electron chi connectivity index (χ0n) is 13.1. The minimum absolute atomic E-state index is 0.247. The highest BCUT2D eigenvalue weighted by Gasteiger charge is 2.28. The number of aromatic nitrogens is 2. The summed E-state index contributed by atoms with van der Waals surface area (Å²) in [5.74, 6) is 0.620. The van der Waals surface area contributed by atoms with E-state index in [1.54, 1.807) is 19.2 Å². The highest BCUT2D eigenvalue weighted by molar-refractivity contribution is 5.66. The Morgan fingerprint density at radius 3 is 2.50 bits per heavy atom. The van der Waals surface area contributed by atoms with Crippen LogP contribution in [0, 0.1) is 5.82 Å². The van der Waals surface area contributed by atoms with E-state index in [1.165, 1.54) is 12.1 Å². The molecule has 0 bridgehead atoms. The Labute approximate surface area is 129 Å². The van der Waals surface area contributed by atoms with E-state index < -0.39 is 0 Å². The van der Waals surface area contributed by atoms with Gasteiger partial charge in [0.15, 0.2) is 0 Å². The molecule has 1 fully saturated rings. The van der Waals surface area contributed by atoms with Crippen molar-refractivity contribution in [2.75, 3.05) is 19.0 Å². The van der Waals surface area contributed by atoms with Crippen LogP contribution in [-0.2, 0) is 11.2 Å². The molecule has 1 aliphatic rings. The molecule has 1 N–H and O–H groups in total. The number of ether oxygens (including phenoxy) is 1. The molecule has 2 heterocycles. The predicted octanol–water partition coefficient (Wildman–Crippen LogP) is 3.39. The second-order valence-electron chi connectivity index (χ2n) is 5.83. The normalized spacial score (nSPS) is 16.9. The minimum Gasteiger partial charge on any atom is -0.373 e. The monoisotopic (exact) mass is 301 g/mol. The Morgan fingerprint density at radius 1 is 1.27 bits per heavy atom. The van der Waals surface area contributed by atoms with Crippen LogP contribution < -0.4 is 5.32 Å². The van der Waals surface area contributed by atoms with Gasteiger partial charge in [-0.25, -0.2) is 14.4 Å². The molecule has 116 valence electrons. The Kier molecular flexibility index (Phi) is 4.07. The molecule has 0 spiro atoms. The van der Waals surface area contributed by atoms with Crippen molar-refractivity contribution in [3.63, 3.8) is 0 Å². The topological polar surface area (TPSA) is 50.3 Å². The summed E-state index contributed by atoms with van der Waals surface area (Å²) in [5, 5.41) is 3.01. The fraction of sp³-hybridized carbons (Fsp3) is 0.412. The van der Waals surface area contributed by atoms with Gasteiger partial charge in [-0.15, -0.1) is 0 Å². The van der Waals surface area contributed by atoms with E-state index in [-0.39, 0.29) is 17.8 Å². The van der Waals surface area contributed by atoms with Crippen molar-refractivity contribution in [2.24, 2.45) is 0 Å². The molecule has 0 aliphatic carbocycles. The maximum Gasteiger partial charge on any atom is 0.223 e. The fourth-order valence-electron chi connectivity index (χ4n) is 2.55. The van der Waals surface area contributed by atoms with Crippen molar-refractivity contribution in [2.45, 2.75) is 32.3 Å². The molecule has 1 saturated heterocycles. The quantitative estimate of drug-likeness (QED) is 0.860. The van der Waals surface area contributed by atoms with Crippen LogP contribution >= 0.6 is 0 Å². The number of hydrogen-bond acceptors (Lipinski definition) is 4. The molecule has 0 saturated carbocycles. The van der Waals surface area contributed by atoms with Crippen molar-refractivity contribution < 1.29 is 9.13 Å². The highest BCUT2D eigenvalue weighted by Crippen LogP contribution is 2.32. The van der Waals surface area contributed by atoms with Gasteiger partial charge in [-0.2, -0.15) is 0 Å². The van der Waals surface area contributed by atoms with Gasteiger partial charge in [-0.3, -0.25) is 0 Å². The molecule has 0 amide bonds. The minimum atomic E-state index is -0.247. The lowest BCUT2D eigenvalue weighted by Gasteiger charge is -2.17. The molecule has 5 heteroatoms. The molecule has 2 aromatic rings. The average molecular weight is 301 g/mol. The van der Waals surface area contributed by atoms with Crippen LogP contribution in [0.25, 0.3) is 11.3 Å². The van der Waals surface area contributed by atoms with Crippen LogP contribution in [0.3, 0.4) is 0 Å². The Hall–Kier alpha value is -2.01. The third kappa shape index (κ3) is 3.09. The maximum absolute atomic E-state index is 13.2. The first kappa shape index (κ1) is 14.9. The summed E-state index contributed by atoms with van der Waals surface area (Å²) in [6, 6.07) is 6.45. The third-order valence-corrected chi connectivity index (χ3v) is 3.76. The summed E-state index contributed by atoms with van der Waals surface area (Å²) in [7, 11) is 1.80. The number of nitrogens with one attached hydrogen (secondary N) is 1. The Balaban J connectivity index is 2.15. The molecule has 4 nitrogen and oxygen atoms in total. The molecule has 1 aromatic heterocycles. The standard InChI is InChI=1S/C17H20FN3O/c1-10(2)15-14(8-13-9-22-13)16(21-17(19-3)20-15)11-4-6-12(18)7-5-11/h4-7,10,13H,8-9H2,1-3H3,(H,19,20,21). The van der Waals surface area contributed by atoms with Crippen LogP contribution in [0.1, 0.15) is 31.0 Å². The first-order chi connectivity index (χ1) is 10.6. The molecular weight excluding hydrogens is 281 g/mol. The smallest absolute Gasteiger partial charge is 0.223 e. The first-order valence-corrected chi connectivity index (χ1v) is 7.54. The van der Waals surface area contributed by atoms with E-state index in [0.29, 0.717) is 5.95 Å². The van der Waals surface area contributed by atoms with Crippen LogP contribution in [0.2, 0.25) is 0 Å². The lowest BCUT2D eigenvalue weighted by Crippen LogP contribution is -2.11. The lowest BCUT2D eigenvalue weighted by atomic mass is 9.95. The molecule has 0 radical (unpaired) electrons. The van der Waals surface area contributed by atoms with Gasteiger partial charge in [0.2, 0.25) is 5.95 Å². The Bertz CT molecular complexity index is 666. The number of epoxide rings is 1. The molecular formula is C17H20FN3O. The van der Waals surface area contributed by atoms with Gasteiger partial charge in [0.25, 0.3) is 0 Å². The van der Waals surface area contributed by atoms with Crippen molar-refractivity contribution in [1.82, 2.24) is 9.97 Å². The number of nitrogens with zero attached hydrogens (tertiary/aromatic N) is 2. The highest BCUT2D eigenvalue weighted by atomic mass is 19.1. The van der Waals surface area contributed by atoms with Crippen molar-refractivity contribution in [3.05, 3.63) is 41.3 Å². The van der Waals surface area contributed by atoms with Crippen molar-refractivity contribution >= 4 is 5.95 Å². The van der Waals surface area contributed by atoms with Gasteiger partial charge in [-0.1, -0.05) is 13.8 Å². The van der Waals surface area contributed by atoms with Crippen LogP contribution in [0.15, 0.2) is 24.3 Å². The van der Waals surface area contributed by atoms with Crippen molar-refractivity contribution in [3.8, 4) is 11.3 Å². The molecule has 1 aliphatic heterocycles. The second-order valence-corrected chi connectivity index (χ2v) is 5.83. The fourth-order valence-corrected chi connectivity index (χ4v) is 2.55. The average Bonchev–Trinajstić information content (AvgIpc) is 3.32. The van der Waals surface area contributed by atoms with Crippen molar-refractivity contribution in [1.29, 1.82) is 0 Å². The molecule has 1 aromatic carbocycles. The second kappa shape index (κ2) is 6.01. The third-order valence-electron chi connectivity index (χ3n) is 3.76. The van der Waals surface area contributed by atoms with Gasteiger partial charge in [0, 0.05) is 24.6 Å². The number of rotatable bonds is 5. The number of halogens is 1. The van der Waals surface area contributed by atoms with Crippen LogP contribution in [-0.4, -0.2) is 29.7 Å². The Morgan fingerprint density at radius 2 is 1.95 bits per heavy atom. The van der Waals surface area contributed by atoms with E-state index in [1.807, 2.05) is 0 Å². The largest absolute Gasteiger partial charge is 0.373 e. The molecule has 1 atom stereocenters. The zero-order valence-corrected chi connectivity index (χ0v) is 13.1. The summed E-state index contributed by atoms with van der Waals surface area (Å²) in [4.78, 5) is 9.24.